The fourth-order valence-electron chi connectivity index (χ4n) is 3.04. The average Bonchev–Trinajstić information content (AvgIpc) is 2.80. The number of carbonyl (C=O) groups excluding carboxylic acids is 2. The summed E-state index contributed by atoms with van der Waals surface area (Å²) >= 11 is 5.92. The third-order valence-corrected chi connectivity index (χ3v) is 4.66. The molecule has 0 aromatic heterocycles. The minimum atomic E-state index is -0.470. The maximum absolute atomic E-state index is 12.9. The number of amides is 2. The highest BCUT2D eigenvalue weighted by Crippen LogP contribution is 2.17. The molecule has 1 N–H and O–H groups in total. The Kier molecular flexibility index (Phi) is 5.71. The summed E-state index contributed by atoms with van der Waals surface area (Å²) in [5, 5.41) is 3.58. The van der Waals surface area contributed by atoms with E-state index >= 15 is 0 Å². The maximum atomic E-state index is 12.9. The van der Waals surface area contributed by atoms with E-state index in [9.17, 15) is 9.59 Å². The van der Waals surface area contributed by atoms with Gasteiger partial charge in [-0.15, -0.1) is 0 Å². The summed E-state index contributed by atoms with van der Waals surface area (Å²) in [6, 6.07) is 16.0. The van der Waals surface area contributed by atoms with Gasteiger partial charge >= 0.3 is 0 Å². The lowest BCUT2D eigenvalue weighted by atomic mass is 10.1. The van der Waals surface area contributed by atoms with Crippen molar-refractivity contribution in [2.24, 2.45) is 0 Å². The molecular formula is C20H21ClN2O2. The minimum absolute atomic E-state index is 0.0169. The molecule has 130 valence electrons. The highest BCUT2D eigenvalue weighted by molar-refractivity contribution is 6.30. The third kappa shape index (κ3) is 4.60. The average molecular weight is 357 g/mol. The van der Waals surface area contributed by atoms with Crippen molar-refractivity contribution in [3.8, 4) is 0 Å². The molecule has 3 rings (SSSR count). The molecule has 1 saturated heterocycles. The van der Waals surface area contributed by atoms with Crippen LogP contribution in [-0.4, -0.2) is 29.3 Å². The van der Waals surface area contributed by atoms with Crippen LogP contribution in [0.15, 0.2) is 54.6 Å². The molecule has 4 nitrogen and oxygen atoms in total. The number of likely N-dealkylation sites (tertiary alicyclic amines) is 1. The normalized spacial score (nSPS) is 17.9. The molecule has 1 atom stereocenters. The van der Waals surface area contributed by atoms with Gasteiger partial charge in [-0.2, -0.15) is 0 Å². The van der Waals surface area contributed by atoms with Gasteiger partial charge < -0.3 is 10.2 Å². The van der Waals surface area contributed by atoms with E-state index in [1.807, 2.05) is 47.4 Å². The summed E-state index contributed by atoms with van der Waals surface area (Å²) in [6.07, 6.45) is 2.54. The van der Waals surface area contributed by atoms with Crippen LogP contribution < -0.4 is 5.32 Å². The molecule has 2 aromatic carbocycles. The van der Waals surface area contributed by atoms with E-state index in [1.54, 1.807) is 12.1 Å². The van der Waals surface area contributed by atoms with Crippen LogP contribution in [0.2, 0.25) is 5.02 Å². The Hall–Kier alpha value is -2.33. The van der Waals surface area contributed by atoms with Gasteiger partial charge in [0.25, 0.3) is 5.91 Å². The summed E-state index contributed by atoms with van der Waals surface area (Å²) in [5.41, 5.74) is 1.61. The highest BCUT2D eigenvalue weighted by atomic mass is 35.5. The number of nitrogens with zero attached hydrogens (tertiary/aromatic N) is 1. The molecule has 1 heterocycles. The first-order valence-corrected chi connectivity index (χ1v) is 8.90. The van der Waals surface area contributed by atoms with Gasteiger partial charge in [0.05, 0.1) is 0 Å². The van der Waals surface area contributed by atoms with Crippen molar-refractivity contribution in [2.75, 3.05) is 6.54 Å². The number of benzene rings is 2. The number of rotatable bonds is 4. The molecule has 5 heteroatoms. The Morgan fingerprint density at radius 3 is 2.52 bits per heavy atom. The largest absolute Gasteiger partial charge is 0.340 e. The van der Waals surface area contributed by atoms with Crippen LogP contribution >= 0.6 is 11.6 Å². The second-order valence-corrected chi connectivity index (χ2v) is 6.71. The molecule has 1 unspecified atom stereocenters. The Balaban J connectivity index is 1.68. The first-order valence-electron chi connectivity index (χ1n) is 8.52. The van der Waals surface area contributed by atoms with Crippen LogP contribution in [0.3, 0.4) is 0 Å². The van der Waals surface area contributed by atoms with Crippen molar-refractivity contribution < 1.29 is 9.59 Å². The number of hydrogen-bond acceptors (Lipinski definition) is 2. The highest BCUT2D eigenvalue weighted by Gasteiger charge is 2.28. The van der Waals surface area contributed by atoms with Crippen molar-refractivity contribution in [2.45, 2.75) is 31.8 Å². The zero-order valence-corrected chi connectivity index (χ0v) is 14.7. The second kappa shape index (κ2) is 8.17. The molecule has 0 bridgehead atoms. The van der Waals surface area contributed by atoms with E-state index in [0.717, 1.165) is 18.4 Å². The van der Waals surface area contributed by atoms with Crippen molar-refractivity contribution in [1.29, 1.82) is 0 Å². The SMILES string of the molecule is O=C(NC1CCCCN(Cc2ccc(Cl)cc2)C1=O)c1ccccc1. The molecule has 2 amide bonds. The van der Waals surface area contributed by atoms with Gasteiger partial charge in [0.15, 0.2) is 0 Å². The Labute approximate surface area is 152 Å². The molecule has 1 aliphatic rings. The molecule has 0 radical (unpaired) electrons. The molecule has 0 aliphatic carbocycles. The first kappa shape index (κ1) is 17.5. The fraction of sp³-hybridized carbons (Fsp3) is 0.300. The van der Waals surface area contributed by atoms with Crippen LogP contribution in [0.25, 0.3) is 0 Å². The first-order chi connectivity index (χ1) is 12.1. The van der Waals surface area contributed by atoms with Crippen LogP contribution in [0.4, 0.5) is 0 Å². The zero-order chi connectivity index (χ0) is 17.6. The van der Waals surface area contributed by atoms with Gasteiger partial charge in [0.2, 0.25) is 5.91 Å². The summed E-state index contributed by atoms with van der Waals surface area (Å²) in [6.45, 7) is 1.24. The van der Waals surface area contributed by atoms with Crippen molar-refractivity contribution >= 4 is 23.4 Å². The molecule has 25 heavy (non-hydrogen) atoms. The minimum Gasteiger partial charge on any atom is -0.340 e. The van der Waals surface area contributed by atoms with E-state index < -0.39 is 6.04 Å². The van der Waals surface area contributed by atoms with E-state index in [0.29, 0.717) is 30.1 Å². The van der Waals surface area contributed by atoms with E-state index in [-0.39, 0.29) is 11.8 Å². The van der Waals surface area contributed by atoms with Crippen molar-refractivity contribution in [1.82, 2.24) is 10.2 Å². The topological polar surface area (TPSA) is 49.4 Å². The van der Waals surface area contributed by atoms with Crippen molar-refractivity contribution in [3.05, 3.63) is 70.7 Å². The predicted octanol–water partition coefficient (Wildman–Crippen LogP) is 3.65. The molecule has 1 fully saturated rings. The molecule has 2 aromatic rings. The van der Waals surface area contributed by atoms with Crippen LogP contribution in [0.1, 0.15) is 35.2 Å². The van der Waals surface area contributed by atoms with E-state index in [1.165, 1.54) is 0 Å². The van der Waals surface area contributed by atoms with Gasteiger partial charge in [-0.3, -0.25) is 9.59 Å². The quantitative estimate of drug-likeness (QED) is 0.909. The van der Waals surface area contributed by atoms with Gasteiger partial charge in [-0.05, 0) is 49.1 Å². The second-order valence-electron chi connectivity index (χ2n) is 6.27. The van der Waals surface area contributed by atoms with E-state index in [4.69, 9.17) is 11.6 Å². The summed E-state index contributed by atoms with van der Waals surface area (Å²) in [4.78, 5) is 27.1. The zero-order valence-electron chi connectivity index (χ0n) is 14.0. The van der Waals surface area contributed by atoms with Crippen molar-refractivity contribution in [3.63, 3.8) is 0 Å². The smallest absolute Gasteiger partial charge is 0.251 e. The van der Waals surface area contributed by atoms with Crippen LogP contribution in [0, 0.1) is 0 Å². The molecule has 0 saturated carbocycles. The molecular weight excluding hydrogens is 336 g/mol. The van der Waals surface area contributed by atoms with Crippen LogP contribution in [0.5, 0.6) is 0 Å². The Morgan fingerprint density at radius 1 is 1.08 bits per heavy atom. The standard InChI is InChI=1S/C20H21ClN2O2/c21-17-11-9-15(10-12-17)14-23-13-5-4-8-18(20(23)25)22-19(24)16-6-2-1-3-7-16/h1-3,6-7,9-12,18H,4-5,8,13-14H2,(H,22,24). The lowest BCUT2D eigenvalue weighted by Gasteiger charge is -2.25. The summed E-state index contributed by atoms with van der Waals surface area (Å²) < 4.78 is 0. The monoisotopic (exact) mass is 356 g/mol. The predicted molar refractivity (Wildman–Crippen MR) is 98.4 cm³/mol. The van der Waals surface area contributed by atoms with Gasteiger partial charge in [0.1, 0.15) is 6.04 Å². The van der Waals surface area contributed by atoms with Gasteiger partial charge in [0, 0.05) is 23.7 Å². The lowest BCUT2D eigenvalue weighted by Crippen LogP contribution is -2.47. The third-order valence-electron chi connectivity index (χ3n) is 4.41. The molecule has 1 aliphatic heterocycles. The Morgan fingerprint density at radius 2 is 1.80 bits per heavy atom. The van der Waals surface area contributed by atoms with E-state index in [2.05, 4.69) is 5.32 Å². The fourth-order valence-corrected chi connectivity index (χ4v) is 3.16. The Bertz CT molecular complexity index is 731. The van der Waals surface area contributed by atoms with Gasteiger partial charge in [-0.1, -0.05) is 41.9 Å². The number of hydrogen-bond donors (Lipinski definition) is 1. The maximum Gasteiger partial charge on any atom is 0.251 e. The van der Waals surface area contributed by atoms with Gasteiger partial charge in [-0.25, -0.2) is 0 Å². The van der Waals surface area contributed by atoms with Crippen LogP contribution in [-0.2, 0) is 11.3 Å². The number of nitrogens with one attached hydrogen (secondary N) is 1. The summed E-state index contributed by atoms with van der Waals surface area (Å²) in [5.74, 6) is -0.218. The lowest BCUT2D eigenvalue weighted by molar-refractivity contribution is -0.133. The molecule has 0 spiro atoms. The number of carbonyl (C=O) groups is 2. The number of halogens is 1. The summed E-state index contributed by atoms with van der Waals surface area (Å²) in [7, 11) is 0.